The van der Waals surface area contributed by atoms with Crippen molar-refractivity contribution in [2.75, 3.05) is 10.2 Å². The summed E-state index contributed by atoms with van der Waals surface area (Å²) in [4.78, 5) is 28.7. The molecule has 0 radical (unpaired) electrons. The van der Waals surface area contributed by atoms with Crippen molar-refractivity contribution in [1.29, 1.82) is 0 Å². The van der Waals surface area contributed by atoms with E-state index in [4.69, 9.17) is 0 Å². The van der Waals surface area contributed by atoms with Crippen LogP contribution in [-0.2, 0) is 9.59 Å². The normalized spacial score (nSPS) is 20.7. The molecule has 0 spiro atoms. The lowest BCUT2D eigenvalue weighted by Crippen LogP contribution is -2.41. The standard InChI is InChI=1S/C25H28N2O2/c1-16(2)24(29)27-20-13-9-8-12-18(20)26-19-14-25(3,4)15-21(28)22(19)23(27)17-10-6-5-7-11-17/h5-13,16,23,26H,14-15H2,1-4H3. The predicted molar refractivity (Wildman–Crippen MR) is 117 cm³/mol. The van der Waals surface area contributed by atoms with Gasteiger partial charge in [0.2, 0.25) is 5.91 Å². The van der Waals surface area contributed by atoms with Crippen molar-refractivity contribution in [2.45, 2.75) is 46.6 Å². The number of carbonyl (C=O) groups excluding carboxylic acids is 2. The number of para-hydroxylation sites is 2. The van der Waals surface area contributed by atoms with Gasteiger partial charge in [0, 0.05) is 23.6 Å². The van der Waals surface area contributed by atoms with Gasteiger partial charge in [-0.25, -0.2) is 0 Å². The highest BCUT2D eigenvalue weighted by Crippen LogP contribution is 2.48. The topological polar surface area (TPSA) is 49.4 Å². The second kappa shape index (κ2) is 7.18. The summed E-state index contributed by atoms with van der Waals surface area (Å²) in [6, 6.07) is 17.3. The summed E-state index contributed by atoms with van der Waals surface area (Å²) in [6.07, 6.45) is 1.26. The number of carbonyl (C=O) groups is 2. The Bertz CT molecular complexity index is 989. The van der Waals surface area contributed by atoms with Crippen LogP contribution in [0, 0.1) is 11.3 Å². The van der Waals surface area contributed by atoms with Crippen molar-refractivity contribution in [2.24, 2.45) is 11.3 Å². The number of hydrogen-bond donors (Lipinski definition) is 1. The first-order valence-electron chi connectivity index (χ1n) is 10.3. The van der Waals surface area contributed by atoms with Gasteiger partial charge in [-0.3, -0.25) is 14.5 Å². The van der Waals surface area contributed by atoms with Gasteiger partial charge < -0.3 is 5.32 Å². The molecule has 4 heteroatoms. The Balaban J connectivity index is 2.02. The molecule has 1 aliphatic heterocycles. The number of nitrogens with one attached hydrogen (secondary N) is 1. The van der Waals surface area contributed by atoms with Crippen molar-refractivity contribution >= 4 is 23.1 Å². The van der Waals surface area contributed by atoms with E-state index in [1.54, 1.807) is 0 Å². The highest BCUT2D eigenvalue weighted by atomic mass is 16.2. The average Bonchev–Trinajstić information content (AvgIpc) is 2.81. The zero-order chi connectivity index (χ0) is 20.8. The first-order valence-corrected chi connectivity index (χ1v) is 10.3. The van der Waals surface area contributed by atoms with Gasteiger partial charge in [-0.15, -0.1) is 0 Å². The van der Waals surface area contributed by atoms with Crippen LogP contribution >= 0.6 is 0 Å². The number of Topliss-reactive ketones (excluding diaryl/α,β-unsaturated/α-hetero) is 1. The molecule has 1 aliphatic carbocycles. The van der Waals surface area contributed by atoms with Crippen LogP contribution in [0.15, 0.2) is 65.9 Å². The quantitative estimate of drug-likeness (QED) is 0.740. The minimum atomic E-state index is -0.430. The number of rotatable bonds is 2. The molecule has 1 unspecified atom stereocenters. The number of fused-ring (bicyclic) bond motifs is 1. The molecule has 1 N–H and O–H groups in total. The Morgan fingerprint density at radius 3 is 2.38 bits per heavy atom. The van der Waals surface area contributed by atoms with Gasteiger partial charge in [0.1, 0.15) is 0 Å². The molecule has 0 bridgehead atoms. The third kappa shape index (κ3) is 3.48. The van der Waals surface area contributed by atoms with E-state index in [1.165, 1.54) is 0 Å². The molecule has 4 nitrogen and oxygen atoms in total. The number of hydrogen-bond acceptors (Lipinski definition) is 3. The van der Waals surface area contributed by atoms with E-state index in [2.05, 4.69) is 19.2 Å². The first-order chi connectivity index (χ1) is 13.8. The monoisotopic (exact) mass is 388 g/mol. The molecule has 0 saturated carbocycles. The maximum Gasteiger partial charge on any atom is 0.230 e. The minimum absolute atomic E-state index is 0.0134. The van der Waals surface area contributed by atoms with Crippen LogP contribution in [0.5, 0.6) is 0 Å². The average molecular weight is 389 g/mol. The number of amides is 1. The third-order valence-corrected chi connectivity index (χ3v) is 5.75. The SMILES string of the molecule is CC(C)C(=O)N1c2ccccc2NC2=C(C(=O)CC(C)(C)C2)C1c1ccccc1. The summed E-state index contributed by atoms with van der Waals surface area (Å²) in [7, 11) is 0. The van der Waals surface area contributed by atoms with E-state index >= 15 is 0 Å². The van der Waals surface area contributed by atoms with E-state index in [-0.39, 0.29) is 23.0 Å². The van der Waals surface area contributed by atoms with Crippen molar-refractivity contribution < 1.29 is 9.59 Å². The lowest BCUT2D eigenvalue weighted by atomic mass is 9.73. The van der Waals surface area contributed by atoms with E-state index in [9.17, 15) is 9.59 Å². The fourth-order valence-electron chi connectivity index (χ4n) is 4.46. The lowest BCUT2D eigenvalue weighted by Gasteiger charge is -2.37. The van der Waals surface area contributed by atoms with Crippen LogP contribution in [0.2, 0.25) is 0 Å². The van der Waals surface area contributed by atoms with Crippen LogP contribution in [0.1, 0.15) is 52.1 Å². The van der Waals surface area contributed by atoms with Crippen molar-refractivity contribution in [1.82, 2.24) is 0 Å². The number of allylic oxidation sites excluding steroid dienone is 1. The molecule has 0 aromatic heterocycles. The van der Waals surface area contributed by atoms with E-state index in [1.807, 2.05) is 73.3 Å². The Labute approximate surface area is 172 Å². The molecule has 29 heavy (non-hydrogen) atoms. The molecule has 0 fully saturated rings. The van der Waals surface area contributed by atoms with Gasteiger partial charge >= 0.3 is 0 Å². The summed E-state index contributed by atoms with van der Waals surface area (Å²) < 4.78 is 0. The van der Waals surface area contributed by atoms with Crippen LogP contribution < -0.4 is 10.2 Å². The molecule has 1 heterocycles. The Hall–Kier alpha value is -2.88. The van der Waals surface area contributed by atoms with Crippen LogP contribution in [-0.4, -0.2) is 11.7 Å². The van der Waals surface area contributed by atoms with Gasteiger partial charge in [0.25, 0.3) is 0 Å². The number of anilines is 2. The molecule has 2 aliphatic rings. The van der Waals surface area contributed by atoms with Gasteiger partial charge in [-0.05, 0) is 29.5 Å². The third-order valence-electron chi connectivity index (χ3n) is 5.75. The molecule has 0 saturated heterocycles. The fourth-order valence-corrected chi connectivity index (χ4v) is 4.46. The van der Waals surface area contributed by atoms with Gasteiger partial charge in [0.05, 0.1) is 17.4 Å². The van der Waals surface area contributed by atoms with Gasteiger partial charge in [-0.2, -0.15) is 0 Å². The summed E-state index contributed by atoms with van der Waals surface area (Å²) in [5.74, 6) is -0.0574. The zero-order valence-electron chi connectivity index (χ0n) is 17.5. The molecule has 1 amide bonds. The first kappa shape index (κ1) is 19.4. The van der Waals surface area contributed by atoms with Crippen molar-refractivity contribution in [3.63, 3.8) is 0 Å². The van der Waals surface area contributed by atoms with Crippen LogP contribution in [0.4, 0.5) is 11.4 Å². The highest BCUT2D eigenvalue weighted by molar-refractivity contribution is 6.06. The summed E-state index contributed by atoms with van der Waals surface area (Å²) in [6.45, 7) is 8.07. The molecular formula is C25H28N2O2. The summed E-state index contributed by atoms with van der Waals surface area (Å²) in [5, 5.41) is 3.54. The van der Waals surface area contributed by atoms with E-state index in [0.29, 0.717) is 6.42 Å². The number of nitrogens with zero attached hydrogens (tertiary/aromatic N) is 1. The molecule has 150 valence electrons. The van der Waals surface area contributed by atoms with E-state index < -0.39 is 6.04 Å². The van der Waals surface area contributed by atoms with Crippen LogP contribution in [0.3, 0.4) is 0 Å². The molecule has 2 aromatic carbocycles. The second-order valence-corrected chi connectivity index (χ2v) is 9.15. The van der Waals surface area contributed by atoms with Crippen LogP contribution in [0.25, 0.3) is 0 Å². The lowest BCUT2D eigenvalue weighted by molar-refractivity contribution is -0.122. The Morgan fingerprint density at radius 2 is 1.69 bits per heavy atom. The molecule has 2 aromatic rings. The Kier molecular flexibility index (Phi) is 4.81. The zero-order valence-corrected chi connectivity index (χ0v) is 17.5. The minimum Gasteiger partial charge on any atom is -0.357 e. The van der Waals surface area contributed by atoms with Crippen molar-refractivity contribution in [3.05, 3.63) is 71.4 Å². The number of benzene rings is 2. The Morgan fingerprint density at radius 1 is 1.03 bits per heavy atom. The maximum atomic E-state index is 13.5. The summed E-state index contributed by atoms with van der Waals surface area (Å²) in [5.41, 5.74) is 4.20. The number of ketones is 1. The molecule has 4 rings (SSSR count). The van der Waals surface area contributed by atoms with Crippen molar-refractivity contribution in [3.8, 4) is 0 Å². The smallest absolute Gasteiger partial charge is 0.230 e. The van der Waals surface area contributed by atoms with Gasteiger partial charge in [-0.1, -0.05) is 70.2 Å². The highest BCUT2D eigenvalue weighted by Gasteiger charge is 2.43. The maximum absolute atomic E-state index is 13.5. The molecular weight excluding hydrogens is 360 g/mol. The van der Waals surface area contributed by atoms with E-state index in [0.717, 1.165) is 34.6 Å². The largest absolute Gasteiger partial charge is 0.357 e. The van der Waals surface area contributed by atoms with Gasteiger partial charge in [0.15, 0.2) is 5.78 Å². The molecule has 1 atom stereocenters. The fraction of sp³-hybridized carbons (Fsp3) is 0.360. The predicted octanol–water partition coefficient (Wildman–Crippen LogP) is 5.49. The summed E-state index contributed by atoms with van der Waals surface area (Å²) >= 11 is 0. The second-order valence-electron chi connectivity index (χ2n) is 9.15.